The van der Waals surface area contributed by atoms with Crippen molar-refractivity contribution >= 4 is 17.7 Å². The summed E-state index contributed by atoms with van der Waals surface area (Å²) in [6.45, 7) is 3.90. The minimum absolute atomic E-state index is 0.314. The first kappa shape index (κ1) is 14.8. The molecule has 2 N–H and O–H groups in total. The molecule has 1 saturated carbocycles. The van der Waals surface area contributed by atoms with Crippen molar-refractivity contribution in [2.24, 2.45) is 11.7 Å². The van der Waals surface area contributed by atoms with Crippen molar-refractivity contribution in [3.05, 3.63) is 0 Å². The van der Waals surface area contributed by atoms with Crippen molar-refractivity contribution < 1.29 is 9.53 Å². The van der Waals surface area contributed by atoms with Crippen LogP contribution in [0.5, 0.6) is 0 Å². The number of methoxy groups -OCH3 is 1. The van der Waals surface area contributed by atoms with Crippen molar-refractivity contribution in [3.63, 3.8) is 0 Å². The number of hydrogen-bond acceptors (Lipinski definition) is 4. The summed E-state index contributed by atoms with van der Waals surface area (Å²) in [5.41, 5.74) is 5.12. The standard InChI is InChI=1S/C13H25NO2S/c1-10(8-13(2,14)12(15)16-3)17-9-11-6-4-5-7-11/h10-11H,4-9,14H2,1-3H3. The van der Waals surface area contributed by atoms with Gasteiger partial charge in [-0.15, -0.1) is 0 Å². The molecule has 0 radical (unpaired) electrons. The molecule has 0 aromatic rings. The molecule has 1 rings (SSSR count). The van der Waals surface area contributed by atoms with Crippen LogP contribution in [0.4, 0.5) is 0 Å². The lowest BCUT2D eigenvalue weighted by Crippen LogP contribution is -2.47. The Kier molecular flexibility index (Phi) is 5.80. The van der Waals surface area contributed by atoms with E-state index in [9.17, 15) is 4.79 Å². The molecule has 1 aliphatic carbocycles. The van der Waals surface area contributed by atoms with E-state index in [1.54, 1.807) is 6.92 Å². The van der Waals surface area contributed by atoms with E-state index in [2.05, 4.69) is 6.92 Å². The maximum atomic E-state index is 11.5. The Morgan fingerprint density at radius 3 is 2.65 bits per heavy atom. The summed E-state index contributed by atoms with van der Waals surface area (Å²) in [7, 11) is 1.39. The van der Waals surface area contributed by atoms with Gasteiger partial charge in [-0.2, -0.15) is 11.8 Å². The topological polar surface area (TPSA) is 52.3 Å². The first-order valence-electron chi connectivity index (χ1n) is 6.44. The lowest BCUT2D eigenvalue weighted by atomic mass is 9.98. The van der Waals surface area contributed by atoms with Crippen LogP contribution in [0.15, 0.2) is 0 Å². The molecule has 0 heterocycles. The van der Waals surface area contributed by atoms with Crippen LogP contribution in [-0.2, 0) is 9.53 Å². The summed E-state index contributed by atoms with van der Waals surface area (Å²) >= 11 is 1.94. The highest BCUT2D eigenvalue weighted by Crippen LogP contribution is 2.31. The van der Waals surface area contributed by atoms with Crippen LogP contribution in [0.1, 0.15) is 46.0 Å². The molecule has 0 aromatic heterocycles. The molecule has 0 amide bonds. The van der Waals surface area contributed by atoms with Crippen LogP contribution in [0.3, 0.4) is 0 Å². The smallest absolute Gasteiger partial charge is 0.325 e. The van der Waals surface area contributed by atoms with Crippen LogP contribution in [-0.4, -0.2) is 29.6 Å². The van der Waals surface area contributed by atoms with Gasteiger partial charge < -0.3 is 10.5 Å². The average Bonchev–Trinajstić information content (AvgIpc) is 2.77. The summed E-state index contributed by atoms with van der Waals surface area (Å²) in [6.07, 6.45) is 6.19. The van der Waals surface area contributed by atoms with E-state index in [1.807, 2.05) is 11.8 Å². The van der Waals surface area contributed by atoms with Gasteiger partial charge in [-0.3, -0.25) is 4.79 Å². The van der Waals surface area contributed by atoms with Crippen molar-refractivity contribution in [1.82, 2.24) is 0 Å². The van der Waals surface area contributed by atoms with E-state index in [4.69, 9.17) is 10.5 Å². The SMILES string of the molecule is COC(=O)C(C)(N)CC(C)SCC1CCCC1. The van der Waals surface area contributed by atoms with Crippen molar-refractivity contribution in [2.75, 3.05) is 12.9 Å². The third-order valence-corrected chi connectivity index (χ3v) is 4.85. The molecule has 4 heteroatoms. The molecule has 0 aromatic carbocycles. The molecule has 1 fully saturated rings. The minimum atomic E-state index is -0.850. The van der Waals surface area contributed by atoms with Gasteiger partial charge in [-0.1, -0.05) is 19.8 Å². The lowest BCUT2D eigenvalue weighted by Gasteiger charge is -2.25. The predicted octanol–water partition coefficient (Wildman–Crippen LogP) is 2.58. The highest BCUT2D eigenvalue weighted by atomic mass is 32.2. The number of hydrogen-bond donors (Lipinski definition) is 1. The van der Waals surface area contributed by atoms with Crippen LogP contribution < -0.4 is 5.73 Å². The third kappa shape index (κ3) is 4.88. The summed E-state index contributed by atoms with van der Waals surface area (Å²) in [6, 6.07) is 0. The highest BCUT2D eigenvalue weighted by Gasteiger charge is 2.31. The minimum Gasteiger partial charge on any atom is -0.468 e. The predicted molar refractivity (Wildman–Crippen MR) is 73.1 cm³/mol. The number of ether oxygens (including phenoxy) is 1. The Labute approximate surface area is 109 Å². The normalized spacial score (nSPS) is 22.1. The van der Waals surface area contributed by atoms with Gasteiger partial charge in [0.1, 0.15) is 5.54 Å². The number of thioether (sulfide) groups is 1. The van der Waals surface area contributed by atoms with E-state index in [0.29, 0.717) is 11.7 Å². The van der Waals surface area contributed by atoms with E-state index in [1.165, 1.54) is 38.5 Å². The fourth-order valence-corrected chi connectivity index (χ4v) is 3.85. The van der Waals surface area contributed by atoms with Gasteiger partial charge in [0, 0.05) is 5.25 Å². The molecule has 1 aliphatic rings. The molecular weight excluding hydrogens is 234 g/mol. The number of carbonyl (C=O) groups is 1. The molecule has 17 heavy (non-hydrogen) atoms. The maximum Gasteiger partial charge on any atom is 0.325 e. The Bertz CT molecular complexity index is 250. The molecular formula is C13H25NO2S. The zero-order valence-electron chi connectivity index (χ0n) is 11.2. The number of carbonyl (C=O) groups excluding carboxylic acids is 1. The molecule has 100 valence electrons. The van der Waals surface area contributed by atoms with E-state index >= 15 is 0 Å². The van der Waals surface area contributed by atoms with Crippen molar-refractivity contribution in [3.8, 4) is 0 Å². The Balaban J connectivity index is 2.27. The van der Waals surface area contributed by atoms with Gasteiger partial charge in [-0.05, 0) is 37.9 Å². The molecule has 0 aliphatic heterocycles. The van der Waals surface area contributed by atoms with Crippen LogP contribution in [0.2, 0.25) is 0 Å². The second-order valence-electron chi connectivity index (χ2n) is 5.41. The lowest BCUT2D eigenvalue weighted by molar-refractivity contribution is -0.146. The molecule has 0 saturated heterocycles. The Morgan fingerprint density at radius 1 is 1.53 bits per heavy atom. The second-order valence-corrected chi connectivity index (χ2v) is 6.88. The first-order valence-corrected chi connectivity index (χ1v) is 7.49. The number of nitrogens with two attached hydrogens (primary N) is 1. The molecule has 0 spiro atoms. The maximum absolute atomic E-state index is 11.5. The average molecular weight is 259 g/mol. The number of rotatable bonds is 6. The summed E-state index contributed by atoms with van der Waals surface area (Å²) in [4.78, 5) is 11.5. The molecule has 3 nitrogen and oxygen atoms in total. The largest absolute Gasteiger partial charge is 0.468 e. The molecule has 2 unspecified atom stereocenters. The van der Waals surface area contributed by atoms with Crippen molar-refractivity contribution in [2.45, 2.75) is 56.7 Å². The van der Waals surface area contributed by atoms with Crippen LogP contribution >= 0.6 is 11.8 Å². The van der Waals surface area contributed by atoms with Gasteiger partial charge in [-0.25, -0.2) is 0 Å². The Morgan fingerprint density at radius 2 is 2.12 bits per heavy atom. The fraction of sp³-hybridized carbons (Fsp3) is 0.923. The summed E-state index contributed by atoms with van der Waals surface area (Å²) in [5, 5.41) is 0.407. The highest BCUT2D eigenvalue weighted by molar-refractivity contribution is 7.99. The summed E-state index contributed by atoms with van der Waals surface area (Å²) in [5.74, 6) is 1.77. The third-order valence-electron chi connectivity index (χ3n) is 3.45. The van der Waals surface area contributed by atoms with Gasteiger partial charge >= 0.3 is 5.97 Å². The molecule has 2 atom stereocenters. The monoisotopic (exact) mass is 259 g/mol. The van der Waals surface area contributed by atoms with Crippen molar-refractivity contribution in [1.29, 1.82) is 0 Å². The zero-order valence-corrected chi connectivity index (χ0v) is 12.0. The summed E-state index contributed by atoms with van der Waals surface area (Å²) < 4.78 is 4.72. The zero-order chi connectivity index (χ0) is 12.9. The van der Waals surface area contributed by atoms with Crippen LogP contribution in [0.25, 0.3) is 0 Å². The van der Waals surface area contributed by atoms with E-state index in [0.717, 1.165) is 5.92 Å². The van der Waals surface area contributed by atoms with Crippen LogP contribution in [0, 0.1) is 5.92 Å². The quantitative estimate of drug-likeness (QED) is 0.745. The molecule has 0 bridgehead atoms. The van der Waals surface area contributed by atoms with Gasteiger partial charge in [0.05, 0.1) is 7.11 Å². The van der Waals surface area contributed by atoms with Gasteiger partial charge in [0.2, 0.25) is 0 Å². The van der Waals surface area contributed by atoms with Gasteiger partial charge in [0.25, 0.3) is 0 Å². The van der Waals surface area contributed by atoms with Gasteiger partial charge in [0.15, 0.2) is 0 Å². The fourth-order valence-electron chi connectivity index (χ4n) is 2.45. The second kappa shape index (κ2) is 6.64. The Hall–Kier alpha value is -0.220. The van der Waals surface area contributed by atoms with E-state index < -0.39 is 5.54 Å². The number of esters is 1. The van der Waals surface area contributed by atoms with E-state index in [-0.39, 0.29) is 5.97 Å². The first-order chi connectivity index (χ1) is 7.95.